The first kappa shape index (κ1) is 13.5. The van der Waals surface area contributed by atoms with Crippen LogP contribution in [-0.4, -0.2) is 32.5 Å². The molecule has 1 unspecified atom stereocenters. The molecule has 0 radical (unpaired) electrons. The molecule has 1 aromatic rings. The van der Waals surface area contributed by atoms with Crippen LogP contribution in [0.5, 0.6) is 0 Å². The Bertz CT molecular complexity index is 430. The molecule has 1 aliphatic rings. The number of hydrogen-bond acceptors (Lipinski definition) is 5. The number of nitrogens with zero attached hydrogens (tertiary/aromatic N) is 2. The van der Waals surface area contributed by atoms with Crippen molar-refractivity contribution in [2.24, 2.45) is 5.73 Å². The lowest BCUT2D eigenvalue weighted by molar-refractivity contribution is 0.676. The number of anilines is 1. The molecule has 2 heterocycles. The summed E-state index contributed by atoms with van der Waals surface area (Å²) in [4.78, 5) is 8.99. The highest BCUT2D eigenvalue weighted by Crippen LogP contribution is 2.24. The molecule has 2 rings (SSSR count). The van der Waals surface area contributed by atoms with Gasteiger partial charge in [-0.05, 0) is 31.6 Å². The SMILES string of the molecule is Cc1cc(C(N)=S)nc(NCC2CCCCS2)n1. The van der Waals surface area contributed by atoms with Gasteiger partial charge in [0.15, 0.2) is 0 Å². The van der Waals surface area contributed by atoms with Crippen molar-refractivity contribution in [3.63, 3.8) is 0 Å². The Morgan fingerprint density at radius 2 is 2.39 bits per heavy atom. The van der Waals surface area contributed by atoms with E-state index in [0.29, 0.717) is 21.9 Å². The summed E-state index contributed by atoms with van der Waals surface area (Å²) >= 11 is 6.97. The maximum atomic E-state index is 5.60. The molecular formula is C12H18N4S2. The van der Waals surface area contributed by atoms with Gasteiger partial charge in [0, 0.05) is 17.5 Å². The van der Waals surface area contributed by atoms with Crippen molar-refractivity contribution in [2.75, 3.05) is 17.6 Å². The molecular weight excluding hydrogens is 264 g/mol. The van der Waals surface area contributed by atoms with Crippen LogP contribution >= 0.6 is 24.0 Å². The summed E-state index contributed by atoms with van der Waals surface area (Å²) < 4.78 is 0. The normalized spacial score (nSPS) is 19.5. The van der Waals surface area contributed by atoms with Crippen LogP contribution in [-0.2, 0) is 0 Å². The molecule has 4 nitrogen and oxygen atoms in total. The molecule has 0 aliphatic carbocycles. The Hall–Kier alpha value is -0.880. The third kappa shape index (κ3) is 3.81. The monoisotopic (exact) mass is 282 g/mol. The molecule has 6 heteroatoms. The van der Waals surface area contributed by atoms with Crippen molar-refractivity contribution < 1.29 is 0 Å². The number of rotatable bonds is 4. The van der Waals surface area contributed by atoms with E-state index in [1.54, 1.807) is 0 Å². The quantitative estimate of drug-likeness (QED) is 0.825. The van der Waals surface area contributed by atoms with Crippen LogP contribution in [0.1, 0.15) is 30.7 Å². The number of nitrogens with two attached hydrogens (primary N) is 1. The van der Waals surface area contributed by atoms with Gasteiger partial charge < -0.3 is 11.1 Å². The van der Waals surface area contributed by atoms with Gasteiger partial charge in [0.05, 0.1) is 0 Å². The van der Waals surface area contributed by atoms with E-state index in [0.717, 1.165) is 12.2 Å². The van der Waals surface area contributed by atoms with Gasteiger partial charge in [-0.15, -0.1) is 0 Å². The second kappa shape index (κ2) is 6.33. The van der Waals surface area contributed by atoms with Crippen molar-refractivity contribution >= 4 is 34.9 Å². The Morgan fingerprint density at radius 1 is 1.56 bits per heavy atom. The third-order valence-electron chi connectivity index (χ3n) is 2.87. The van der Waals surface area contributed by atoms with Crippen LogP contribution in [0, 0.1) is 6.92 Å². The summed E-state index contributed by atoms with van der Waals surface area (Å²) in [6.45, 7) is 2.83. The standard InChI is InChI=1S/C12H18N4S2/c1-8-6-10(11(13)17)16-12(15-8)14-7-9-4-2-3-5-18-9/h6,9H,2-5,7H2,1H3,(H2,13,17)(H,14,15,16). The van der Waals surface area contributed by atoms with E-state index in [2.05, 4.69) is 15.3 Å². The van der Waals surface area contributed by atoms with E-state index in [1.165, 1.54) is 25.0 Å². The average molecular weight is 282 g/mol. The summed E-state index contributed by atoms with van der Waals surface area (Å²) in [5.41, 5.74) is 7.12. The summed E-state index contributed by atoms with van der Waals surface area (Å²) in [7, 11) is 0. The molecule has 1 saturated heterocycles. The van der Waals surface area contributed by atoms with Crippen LogP contribution in [0.3, 0.4) is 0 Å². The zero-order chi connectivity index (χ0) is 13.0. The van der Waals surface area contributed by atoms with Crippen LogP contribution in [0.2, 0.25) is 0 Å². The maximum absolute atomic E-state index is 5.60. The molecule has 0 spiro atoms. The van der Waals surface area contributed by atoms with Crippen molar-refractivity contribution in [1.82, 2.24) is 9.97 Å². The van der Waals surface area contributed by atoms with Crippen molar-refractivity contribution in [1.29, 1.82) is 0 Å². The number of thiocarbonyl (C=S) groups is 1. The molecule has 1 aromatic heterocycles. The Labute approximate surface area is 117 Å². The van der Waals surface area contributed by atoms with Crippen molar-refractivity contribution in [3.8, 4) is 0 Å². The Morgan fingerprint density at radius 3 is 3.06 bits per heavy atom. The van der Waals surface area contributed by atoms with Gasteiger partial charge in [0.25, 0.3) is 0 Å². The highest BCUT2D eigenvalue weighted by Gasteiger charge is 2.14. The van der Waals surface area contributed by atoms with Crippen LogP contribution in [0.15, 0.2) is 6.07 Å². The molecule has 0 amide bonds. The van der Waals surface area contributed by atoms with E-state index in [9.17, 15) is 0 Å². The lowest BCUT2D eigenvalue weighted by atomic mass is 10.2. The van der Waals surface area contributed by atoms with Crippen molar-refractivity contribution in [3.05, 3.63) is 17.5 Å². The largest absolute Gasteiger partial charge is 0.388 e. The van der Waals surface area contributed by atoms with Crippen molar-refractivity contribution in [2.45, 2.75) is 31.4 Å². The fraction of sp³-hybridized carbons (Fsp3) is 0.583. The maximum Gasteiger partial charge on any atom is 0.223 e. The van der Waals surface area contributed by atoms with Gasteiger partial charge in [-0.2, -0.15) is 11.8 Å². The lowest BCUT2D eigenvalue weighted by Crippen LogP contribution is -2.22. The lowest BCUT2D eigenvalue weighted by Gasteiger charge is -2.21. The fourth-order valence-electron chi connectivity index (χ4n) is 1.95. The van der Waals surface area contributed by atoms with Gasteiger partial charge in [-0.3, -0.25) is 0 Å². The van der Waals surface area contributed by atoms with Crippen LogP contribution < -0.4 is 11.1 Å². The van der Waals surface area contributed by atoms with Crippen LogP contribution in [0.25, 0.3) is 0 Å². The zero-order valence-electron chi connectivity index (χ0n) is 10.5. The number of thioether (sulfide) groups is 1. The molecule has 18 heavy (non-hydrogen) atoms. The highest BCUT2D eigenvalue weighted by atomic mass is 32.2. The zero-order valence-corrected chi connectivity index (χ0v) is 12.1. The minimum absolute atomic E-state index is 0.315. The predicted octanol–water partition coefficient (Wildman–Crippen LogP) is 2.12. The summed E-state index contributed by atoms with van der Waals surface area (Å²) in [6, 6.07) is 1.81. The first-order valence-electron chi connectivity index (χ1n) is 6.16. The van der Waals surface area contributed by atoms with Gasteiger partial charge in [0.2, 0.25) is 5.95 Å². The third-order valence-corrected chi connectivity index (χ3v) is 4.48. The Kier molecular flexibility index (Phi) is 4.77. The molecule has 98 valence electrons. The molecule has 0 aromatic carbocycles. The molecule has 1 atom stereocenters. The van der Waals surface area contributed by atoms with Gasteiger partial charge in [-0.25, -0.2) is 9.97 Å². The average Bonchev–Trinajstić information content (AvgIpc) is 2.37. The fourth-order valence-corrected chi connectivity index (χ4v) is 3.29. The molecule has 1 aliphatic heterocycles. The number of hydrogen-bond donors (Lipinski definition) is 2. The first-order valence-corrected chi connectivity index (χ1v) is 7.62. The first-order chi connectivity index (χ1) is 8.65. The van der Waals surface area contributed by atoms with E-state index in [4.69, 9.17) is 18.0 Å². The van der Waals surface area contributed by atoms with Crippen LogP contribution in [0.4, 0.5) is 5.95 Å². The number of aromatic nitrogens is 2. The molecule has 3 N–H and O–H groups in total. The topological polar surface area (TPSA) is 63.8 Å². The summed E-state index contributed by atoms with van der Waals surface area (Å²) in [5, 5.41) is 3.96. The molecule has 0 saturated carbocycles. The van der Waals surface area contributed by atoms with E-state index in [-0.39, 0.29) is 0 Å². The number of aryl methyl sites for hydroxylation is 1. The van der Waals surface area contributed by atoms with E-state index in [1.807, 2.05) is 24.8 Å². The van der Waals surface area contributed by atoms with E-state index < -0.39 is 0 Å². The van der Waals surface area contributed by atoms with Gasteiger partial charge in [-0.1, -0.05) is 18.6 Å². The summed E-state index contributed by atoms with van der Waals surface area (Å²) in [6.07, 6.45) is 3.94. The predicted molar refractivity (Wildman–Crippen MR) is 81.2 cm³/mol. The smallest absolute Gasteiger partial charge is 0.223 e. The number of nitrogens with one attached hydrogen (secondary N) is 1. The van der Waals surface area contributed by atoms with Gasteiger partial charge in [0.1, 0.15) is 10.7 Å². The molecule has 0 bridgehead atoms. The summed E-state index contributed by atoms with van der Waals surface area (Å²) in [5.74, 6) is 1.89. The minimum Gasteiger partial charge on any atom is -0.388 e. The van der Waals surface area contributed by atoms with E-state index >= 15 is 0 Å². The minimum atomic E-state index is 0.315. The molecule has 1 fully saturated rings. The highest BCUT2D eigenvalue weighted by molar-refractivity contribution is 7.99. The second-order valence-corrected chi connectivity index (χ2v) is 6.30. The van der Waals surface area contributed by atoms with Gasteiger partial charge >= 0.3 is 0 Å². The second-order valence-electron chi connectivity index (χ2n) is 4.45. The Balaban J connectivity index is 1.97.